The van der Waals surface area contributed by atoms with Crippen LogP contribution in [0.5, 0.6) is 17.2 Å². The molecule has 9 heteroatoms. The second-order valence-corrected chi connectivity index (χ2v) is 9.94. The van der Waals surface area contributed by atoms with Crippen molar-refractivity contribution in [3.63, 3.8) is 0 Å². The molecule has 8 nitrogen and oxygen atoms in total. The molecule has 4 rings (SSSR count). The van der Waals surface area contributed by atoms with Gasteiger partial charge in [0, 0.05) is 26.2 Å². The van der Waals surface area contributed by atoms with Gasteiger partial charge in [-0.25, -0.2) is 8.42 Å². The molecule has 1 amide bonds. The van der Waals surface area contributed by atoms with Crippen LogP contribution in [0, 0.1) is 0 Å². The fourth-order valence-corrected chi connectivity index (χ4v) is 5.64. The molecule has 0 unspecified atom stereocenters. The van der Waals surface area contributed by atoms with E-state index in [1.165, 1.54) is 25.6 Å². The van der Waals surface area contributed by atoms with E-state index in [-0.39, 0.29) is 30.3 Å². The van der Waals surface area contributed by atoms with Gasteiger partial charge in [-0.3, -0.25) is 4.79 Å². The summed E-state index contributed by atoms with van der Waals surface area (Å²) in [5.41, 5.74) is 0.728. The van der Waals surface area contributed by atoms with Gasteiger partial charge in [0.1, 0.15) is 0 Å². The number of hydrogen-bond acceptors (Lipinski definition) is 6. The normalized spacial score (nSPS) is 14.7. The first-order chi connectivity index (χ1) is 16.4. The van der Waals surface area contributed by atoms with Crippen molar-refractivity contribution in [3.8, 4) is 17.2 Å². The highest BCUT2D eigenvalue weighted by Gasteiger charge is 2.30. The van der Waals surface area contributed by atoms with Crippen LogP contribution < -0.4 is 14.2 Å². The van der Waals surface area contributed by atoms with Gasteiger partial charge in [-0.2, -0.15) is 4.31 Å². The van der Waals surface area contributed by atoms with Gasteiger partial charge in [0.05, 0.1) is 32.6 Å². The van der Waals surface area contributed by atoms with Gasteiger partial charge in [-0.05, 0) is 40.6 Å². The third kappa shape index (κ3) is 4.67. The van der Waals surface area contributed by atoms with Crippen LogP contribution >= 0.6 is 0 Å². The van der Waals surface area contributed by atoms with Crippen LogP contribution in [-0.4, -0.2) is 71.0 Å². The second kappa shape index (κ2) is 9.90. The van der Waals surface area contributed by atoms with Crippen molar-refractivity contribution < 1.29 is 27.4 Å². The number of rotatable bonds is 7. The molecule has 1 aliphatic heterocycles. The van der Waals surface area contributed by atoms with E-state index in [2.05, 4.69) is 0 Å². The zero-order valence-corrected chi connectivity index (χ0v) is 20.3. The average Bonchev–Trinajstić information content (AvgIpc) is 2.87. The molecule has 3 aromatic rings. The Labute approximate surface area is 199 Å². The first-order valence-electron chi connectivity index (χ1n) is 10.9. The SMILES string of the molecule is COc1cc(CC(=O)N2CCN(S(=O)(=O)c3ccc4ccccc4c3)CC2)cc(OC)c1OC. The molecular formula is C25H28N2O6S. The molecule has 180 valence electrons. The van der Waals surface area contributed by atoms with Crippen LogP contribution in [0.15, 0.2) is 59.5 Å². The van der Waals surface area contributed by atoms with Gasteiger partial charge in [0.25, 0.3) is 0 Å². The number of sulfonamides is 1. The van der Waals surface area contributed by atoms with Crippen LogP contribution in [0.2, 0.25) is 0 Å². The van der Waals surface area contributed by atoms with Crippen LogP contribution in [0.1, 0.15) is 5.56 Å². The van der Waals surface area contributed by atoms with E-state index in [0.717, 1.165) is 16.3 Å². The lowest BCUT2D eigenvalue weighted by Gasteiger charge is -2.34. The number of carbonyl (C=O) groups excluding carboxylic acids is 1. The first kappa shape index (κ1) is 23.8. The molecule has 1 heterocycles. The molecule has 1 fully saturated rings. The van der Waals surface area contributed by atoms with Crippen molar-refractivity contribution in [2.45, 2.75) is 11.3 Å². The minimum Gasteiger partial charge on any atom is -0.493 e. The Hall–Kier alpha value is -3.30. The molecule has 0 radical (unpaired) electrons. The number of amides is 1. The lowest BCUT2D eigenvalue weighted by molar-refractivity contribution is -0.131. The van der Waals surface area contributed by atoms with Gasteiger partial charge < -0.3 is 19.1 Å². The predicted octanol–water partition coefficient (Wildman–Crippen LogP) is 2.94. The Balaban J connectivity index is 1.43. The topological polar surface area (TPSA) is 85.4 Å². The first-order valence-corrected chi connectivity index (χ1v) is 12.4. The smallest absolute Gasteiger partial charge is 0.243 e. The van der Waals surface area contributed by atoms with Crippen LogP contribution in [0.3, 0.4) is 0 Å². The minimum absolute atomic E-state index is 0.0861. The number of ether oxygens (including phenoxy) is 3. The molecule has 0 spiro atoms. The van der Waals surface area contributed by atoms with E-state index in [9.17, 15) is 13.2 Å². The van der Waals surface area contributed by atoms with Gasteiger partial charge >= 0.3 is 0 Å². The maximum absolute atomic E-state index is 13.2. The molecule has 0 N–H and O–H groups in total. The van der Waals surface area contributed by atoms with Gasteiger partial charge in [0.15, 0.2) is 11.5 Å². The summed E-state index contributed by atoms with van der Waals surface area (Å²) >= 11 is 0. The largest absolute Gasteiger partial charge is 0.493 e. The number of nitrogens with zero attached hydrogens (tertiary/aromatic N) is 2. The Bertz CT molecular complexity index is 1270. The van der Waals surface area contributed by atoms with Crippen LogP contribution in [0.25, 0.3) is 10.8 Å². The van der Waals surface area contributed by atoms with Crippen molar-refractivity contribution >= 4 is 26.7 Å². The third-order valence-corrected chi connectivity index (χ3v) is 7.92. The van der Waals surface area contributed by atoms with E-state index in [1.54, 1.807) is 29.2 Å². The second-order valence-electron chi connectivity index (χ2n) is 8.00. The molecule has 0 bridgehead atoms. The number of piperazine rings is 1. The van der Waals surface area contributed by atoms with Crippen molar-refractivity contribution in [1.29, 1.82) is 0 Å². The van der Waals surface area contributed by atoms with Crippen molar-refractivity contribution in [2.24, 2.45) is 0 Å². The number of hydrogen-bond donors (Lipinski definition) is 0. The fourth-order valence-electron chi connectivity index (χ4n) is 4.18. The maximum Gasteiger partial charge on any atom is 0.243 e. The van der Waals surface area contributed by atoms with Gasteiger partial charge in [0.2, 0.25) is 21.7 Å². The summed E-state index contributed by atoms with van der Waals surface area (Å²) in [5, 5.41) is 1.87. The highest BCUT2D eigenvalue weighted by molar-refractivity contribution is 7.89. The van der Waals surface area contributed by atoms with Crippen LogP contribution in [-0.2, 0) is 21.2 Å². The molecule has 0 aliphatic carbocycles. The highest BCUT2D eigenvalue weighted by Crippen LogP contribution is 2.38. The maximum atomic E-state index is 13.2. The molecule has 0 atom stereocenters. The molecule has 34 heavy (non-hydrogen) atoms. The molecule has 0 aromatic heterocycles. The number of carbonyl (C=O) groups is 1. The van der Waals surface area contributed by atoms with E-state index in [1.807, 2.05) is 30.3 Å². The standard InChI is InChI=1S/C25H28N2O6S/c1-31-22-14-18(15-23(32-2)25(22)33-3)16-24(28)26-10-12-27(13-11-26)34(29,30)21-9-8-19-6-4-5-7-20(19)17-21/h4-9,14-15,17H,10-13,16H2,1-3H3. The Morgan fingerprint density at radius 2 is 1.44 bits per heavy atom. The zero-order chi connectivity index (χ0) is 24.3. The Kier molecular flexibility index (Phi) is 6.95. The zero-order valence-electron chi connectivity index (χ0n) is 19.5. The molecule has 1 saturated heterocycles. The quantitative estimate of drug-likeness (QED) is 0.513. The third-order valence-electron chi connectivity index (χ3n) is 6.03. The van der Waals surface area contributed by atoms with E-state index in [4.69, 9.17) is 14.2 Å². The summed E-state index contributed by atoms with van der Waals surface area (Å²) in [6.45, 7) is 1.15. The summed E-state index contributed by atoms with van der Waals surface area (Å²) < 4.78 is 43.9. The summed E-state index contributed by atoms with van der Waals surface area (Å²) in [6.07, 6.45) is 0.147. The Morgan fingerprint density at radius 3 is 2.03 bits per heavy atom. The van der Waals surface area contributed by atoms with E-state index in [0.29, 0.717) is 30.3 Å². The minimum atomic E-state index is -3.64. The number of methoxy groups -OCH3 is 3. The molecule has 3 aromatic carbocycles. The highest BCUT2D eigenvalue weighted by atomic mass is 32.2. The fraction of sp³-hybridized carbons (Fsp3) is 0.320. The summed E-state index contributed by atoms with van der Waals surface area (Å²) in [7, 11) is 0.937. The van der Waals surface area contributed by atoms with E-state index < -0.39 is 10.0 Å². The van der Waals surface area contributed by atoms with Crippen molar-refractivity contribution in [1.82, 2.24) is 9.21 Å². The molecular weight excluding hydrogens is 456 g/mol. The summed E-state index contributed by atoms with van der Waals surface area (Å²) in [6, 6.07) is 16.3. The molecule has 1 aliphatic rings. The number of benzene rings is 3. The van der Waals surface area contributed by atoms with Gasteiger partial charge in [-0.1, -0.05) is 30.3 Å². The average molecular weight is 485 g/mol. The van der Waals surface area contributed by atoms with E-state index >= 15 is 0 Å². The monoisotopic (exact) mass is 484 g/mol. The lowest BCUT2D eigenvalue weighted by Crippen LogP contribution is -2.50. The lowest BCUT2D eigenvalue weighted by atomic mass is 10.1. The summed E-state index contributed by atoms with van der Waals surface area (Å²) in [4.78, 5) is 14.9. The summed E-state index contributed by atoms with van der Waals surface area (Å²) in [5.74, 6) is 1.35. The number of fused-ring (bicyclic) bond motifs is 1. The molecule has 0 saturated carbocycles. The van der Waals surface area contributed by atoms with Gasteiger partial charge in [-0.15, -0.1) is 0 Å². The van der Waals surface area contributed by atoms with Crippen molar-refractivity contribution in [2.75, 3.05) is 47.5 Å². The Morgan fingerprint density at radius 1 is 0.824 bits per heavy atom. The predicted molar refractivity (Wildman–Crippen MR) is 129 cm³/mol. The van der Waals surface area contributed by atoms with Crippen LogP contribution in [0.4, 0.5) is 0 Å². The van der Waals surface area contributed by atoms with Crippen molar-refractivity contribution in [3.05, 3.63) is 60.2 Å².